The number of esters is 1. The number of benzene rings is 2. The summed E-state index contributed by atoms with van der Waals surface area (Å²) < 4.78 is 11.8. The highest BCUT2D eigenvalue weighted by atomic mass is 35.5. The lowest BCUT2D eigenvalue weighted by Gasteiger charge is -2.10. The van der Waals surface area contributed by atoms with Gasteiger partial charge in [0, 0.05) is 12.1 Å². The summed E-state index contributed by atoms with van der Waals surface area (Å²) in [7, 11) is 1.48. The molecule has 0 N–H and O–H groups in total. The van der Waals surface area contributed by atoms with Crippen LogP contribution in [0.2, 0.25) is 5.02 Å². The van der Waals surface area contributed by atoms with Gasteiger partial charge in [-0.25, -0.2) is 9.78 Å². The van der Waals surface area contributed by atoms with E-state index in [2.05, 4.69) is 4.98 Å². The van der Waals surface area contributed by atoms with Crippen LogP contribution >= 0.6 is 11.6 Å². The normalized spacial score (nSPS) is 10.8. The molecule has 0 aliphatic carbocycles. The lowest BCUT2D eigenvalue weighted by molar-refractivity contribution is 0.0475. The molecule has 150 valence electrons. The number of hydrogen-bond acceptors (Lipinski definition) is 6. The van der Waals surface area contributed by atoms with Crippen molar-refractivity contribution in [1.29, 1.82) is 0 Å². The first kappa shape index (κ1) is 20.5. The van der Waals surface area contributed by atoms with Crippen molar-refractivity contribution < 1.29 is 19.1 Å². The Labute approximate surface area is 171 Å². The fraction of sp³-hybridized carbons (Fsp3) is 0.238. The summed E-state index contributed by atoms with van der Waals surface area (Å²) in [5.74, 6) is -0.601. The number of carbonyl (C=O) groups is 2. The summed E-state index contributed by atoms with van der Waals surface area (Å²) in [4.78, 5) is 41.1. The Bertz CT molecular complexity index is 1170. The van der Waals surface area contributed by atoms with Crippen LogP contribution in [0.3, 0.4) is 0 Å². The lowest BCUT2D eigenvalue weighted by Crippen LogP contribution is -2.23. The average Bonchev–Trinajstić information content (AvgIpc) is 2.72. The highest BCUT2D eigenvalue weighted by molar-refractivity contribution is 6.32. The van der Waals surface area contributed by atoms with E-state index in [1.54, 1.807) is 41.8 Å². The maximum Gasteiger partial charge on any atom is 0.338 e. The summed E-state index contributed by atoms with van der Waals surface area (Å²) >= 11 is 6.02. The van der Waals surface area contributed by atoms with Crippen LogP contribution in [0.15, 0.2) is 41.2 Å². The van der Waals surface area contributed by atoms with Crippen LogP contribution in [0.5, 0.6) is 5.75 Å². The first-order chi connectivity index (χ1) is 13.8. The van der Waals surface area contributed by atoms with Gasteiger partial charge in [0.2, 0.25) is 0 Å². The number of hydrogen-bond donors (Lipinski definition) is 0. The monoisotopic (exact) mass is 414 g/mol. The van der Waals surface area contributed by atoms with Gasteiger partial charge in [-0.1, -0.05) is 11.6 Å². The maximum atomic E-state index is 12.4. The number of fused-ring (bicyclic) bond motifs is 1. The number of halogens is 1. The molecule has 29 heavy (non-hydrogen) atoms. The average molecular weight is 415 g/mol. The van der Waals surface area contributed by atoms with Crippen LogP contribution in [0, 0.1) is 6.92 Å². The molecule has 0 amide bonds. The molecule has 0 bridgehead atoms. The number of Topliss-reactive ketones (excluding diaryl/α,β-unsaturated/α-hetero) is 1. The van der Waals surface area contributed by atoms with Gasteiger partial charge < -0.3 is 14.0 Å². The van der Waals surface area contributed by atoms with Crippen molar-refractivity contribution in [3.05, 3.63) is 68.6 Å². The number of carbonyl (C=O) groups excluding carboxylic acids is 2. The zero-order valence-corrected chi connectivity index (χ0v) is 16.9. The van der Waals surface area contributed by atoms with Gasteiger partial charge in [0.1, 0.15) is 11.4 Å². The largest absolute Gasteiger partial charge is 0.495 e. The van der Waals surface area contributed by atoms with Crippen molar-refractivity contribution in [2.24, 2.45) is 0 Å². The number of aryl methyl sites for hydroxylation is 2. The second kappa shape index (κ2) is 8.45. The quantitative estimate of drug-likeness (QED) is 0.453. The molecule has 0 saturated heterocycles. The van der Waals surface area contributed by atoms with E-state index in [-0.39, 0.29) is 11.1 Å². The van der Waals surface area contributed by atoms with E-state index in [1.165, 1.54) is 13.2 Å². The van der Waals surface area contributed by atoms with E-state index < -0.39 is 18.4 Å². The molecule has 0 unspecified atom stereocenters. The van der Waals surface area contributed by atoms with Crippen LogP contribution < -0.4 is 10.3 Å². The minimum atomic E-state index is -0.659. The van der Waals surface area contributed by atoms with Gasteiger partial charge in [-0.15, -0.1) is 0 Å². The molecule has 1 heterocycles. The van der Waals surface area contributed by atoms with E-state index in [0.717, 1.165) is 0 Å². The highest BCUT2D eigenvalue weighted by Gasteiger charge is 2.15. The van der Waals surface area contributed by atoms with Crippen LogP contribution in [0.1, 0.15) is 33.3 Å². The molecule has 3 rings (SSSR count). The molecule has 3 aromatic rings. The summed E-state index contributed by atoms with van der Waals surface area (Å²) in [5.41, 5.74) is 1.86. The molecule has 0 radical (unpaired) electrons. The van der Waals surface area contributed by atoms with Gasteiger partial charge in [0.05, 0.1) is 28.7 Å². The maximum absolute atomic E-state index is 12.4. The molecule has 7 nitrogen and oxygen atoms in total. The molecule has 0 atom stereocenters. The number of nitrogens with zero attached hydrogens (tertiary/aromatic N) is 2. The lowest BCUT2D eigenvalue weighted by atomic mass is 10.1. The van der Waals surface area contributed by atoms with Crippen LogP contribution in [0.4, 0.5) is 0 Å². The smallest absolute Gasteiger partial charge is 0.338 e. The molecule has 0 fully saturated rings. The number of aromatic nitrogens is 2. The first-order valence-corrected chi connectivity index (χ1v) is 9.28. The number of ketones is 1. The second-order valence-corrected chi connectivity index (χ2v) is 6.71. The van der Waals surface area contributed by atoms with Gasteiger partial charge in [0.15, 0.2) is 12.4 Å². The molecular weight excluding hydrogens is 396 g/mol. The fourth-order valence-electron chi connectivity index (χ4n) is 2.95. The first-order valence-electron chi connectivity index (χ1n) is 8.90. The Hall–Kier alpha value is -3.19. The molecule has 0 spiro atoms. The second-order valence-electron chi connectivity index (χ2n) is 6.30. The topological polar surface area (TPSA) is 87.5 Å². The third-order valence-corrected chi connectivity index (χ3v) is 4.76. The van der Waals surface area contributed by atoms with Gasteiger partial charge in [-0.3, -0.25) is 9.59 Å². The van der Waals surface area contributed by atoms with Gasteiger partial charge >= 0.3 is 5.97 Å². The van der Waals surface area contributed by atoms with Crippen molar-refractivity contribution in [2.75, 3.05) is 13.7 Å². The van der Waals surface area contributed by atoms with Gasteiger partial charge in [-0.2, -0.15) is 0 Å². The minimum absolute atomic E-state index is 0.168. The Morgan fingerprint density at radius 3 is 2.52 bits per heavy atom. The van der Waals surface area contributed by atoms with Crippen molar-refractivity contribution in [3.8, 4) is 5.75 Å². The van der Waals surface area contributed by atoms with Crippen LogP contribution in [-0.2, 0) is 11.3 Å². The van der Waals surface area contributed by atoms with E-state index in [1.807, 2.05) is 6.92 Å². The van der Waals surface area contributed by atoms with Crippen molar-refractivity contribution >= 4 is 34.4 Å². The molecule has 2 aromatic carbocycles. The number of ether oxygens (including phenoxy) is 2. The Morgan fingerprint density at radius 1 is 1.14 bits per heavy atom. The Morgan fingerprint density at radius 2 is 1.86 bits per heavy atom. The predicted molar refractivity (Wildman–Crippen MR) is 109 cm³/mol. The zero-order valence-electron chi connectivity index (χ0n) is 16.2. The predicted octanol–water partition coefficient (Wildman–Crippen LogP) is 3.43. The zero-order chi connectivity index (χ0) is 21.1. The Balaban J connectivity index is 1.78. The van der Waals surface area contributed by atoms with Crippen LogP contribution in [-0.4, -0.2) is 35.0 Å². The van der Waals surface area contributed by atoms with Crippen LogP contribution in [0.25, 0.3) is 11.0 Å². The SMILES string of the molecule is CCn1c(=O)c(C)nc2cc(C(=O)OCC(=O)c3ccc(OC)c(Cl)c3)ccc21. The number of methoxy groups -OCH3 is 1. The third-order valence-electron chi connectivity index (χ3n) is 4.47. The van der Waals surface area contributed by atoms with Crippen molar-refractivity contribution in [2.45, 2.75) is 20.4 Å². The molecular formula is C21H19ClN2O5. The molecule has 1 aromatic heterocycles. The molecule has 0 aliphatic heterocycles. The third kappa shape index (κ3) is 4.14. The van der Waals surface area contributed by atoms with E-state index in [0.29, 0.717) is 39.6 Å². The highest BCUT2D eigenvalue weighted by Crippen LogP contribution is 2.25. The standard InChI is InChI=1S/C21H19ClN2O5/c1-4-24-17-7-5-14(10-16(17)23-12(2)20(24)26)21(27)29-11-18(25)13-6-8-19(28-3)15(22)9-13/h5-10H,4,11H2,1-3H3. The van der Waals surface area contributed by atoms with E-state index >= 15 is 0 Å². The molecule has 0 aliphatic rings. The summed E-state index contributed by atoms with van der Waals surface area (Å²) in [5, 5.41) is 0.294. The molecule has 8 heteroatoms. The fourth-order valence-corrected chi connectivity index (χ4v) is 3.21. The van der Waals surface area contributed by atoms with E-state index in [4.69, 9.17) is 21.1 Å². The minimum Gasteiger partial charge on any atom is -0.495 e. The van der Waals surface area contributed by atoms with Crippen molar-refractivity contribution in [1.82, 2.24) is 9.55 Å². The number of rotatable bonds is 6. The summed E-state index contributed by atoms with van der Waals surface area (Å²) in [6, 6.07) is 9.32. The van der Waals surface area contributed by atoms with Crippen molar-refractivity contribution in [3.63, 3.8) is 0 Å². The summed E-state index contributed by atoms with van der Waals surface area (Å²) in [6.45, 7) is 3.54. The van der Waals surface area contributed by atoms with Gasteiger partial charge in [0.25, 0.3) is 5.56 Å². The van der Waals surface area contributed by atoms with Gasteiger partial charge in [-0.05, 0) is 50.2 Å². The summed E-state index contributed by atoms with van der Waals surface area (Å²) in [6.07, 6.45) is 0. The Kier molecular flexibility index (Phi) is 5.98. The molecule has 0 saturated carbocycles. The van der Waals surface area contributed by atoms with E-state index in [9.17, 15) is 14.4 Å².